The smallest absolute Gasteiger partial charge is 0.166 e. The number of benzene rings is 1. The lowest BCUT2D eigenvalue weighted by Gasteiger charge is -2.25. The summed E-state index contributed by atoms with van der Waals surface area (Å²) in [6.45, 7) is 0.850. The van der Waals surface area contributed by atoms with Crippen LogP contribution in [0.25, 0.3) is 0 Å². The Bertz CT molecular complexity index is 635. The molecule has 1 heterocycles. The maximum absolute atomic E-state index is 5.44. The Balaban J connectivity index is 1.50. The second-order valence-corrected chi connectivity index (χ2v) is 6.16. The van der Waals surface area contributed by atoms with Crippen molar-refractivity contribution < 1.29 is 0 Å². The van der Waals surface area contributed by atoms with Crippen LogP contribution in [0.5, 0.6) is 0 Å². The minimum absolute atomic E-state index is 0.286. The van der Waals surface area contributed by atoms with Crippen LogP contribution in [0, 0.1) is 0 Å². The van der Waals surface area contributed by atoms with E-state index < -0.39 is 0 Å². The number of fused-ring (bicyclic) bond motifs is 1. The Hall–Kier alpha value is -1.88. The highest BCUT2D eigenvalue weighted by molar-refractivity contribution is 7.80. The molecule has 1 aromatic heterocycles. The first-order chi connectivity index (χ1) is 10.7. The van der Waals surface area contributed by atoms with Gasteiger partial charge in [-0.1, -0.05) is 30.3 Å². The van der Waals surface area contributed by atoms with Crippen LogP contribution in [-0.2, 0) is 19.9 Å². The van der Waals surface area contributed by atoms with Gasteiger partial charge >= 0.3 is 0 Å². The molecule has 0 spiro atoms. The summed E-state index contributed by atoms with van der Waals surface area (Å²) < 4.78 is 1.98. The molecule has 2 N–H and O–H groups in total. The topological polar surface area (TPSA) is 41.9 Å². The van der Waals surface area contributed by atoms with Gasteiger partial charge in [0, 0.05) is 24.8 Å². The lowest BCUT2D eigenvalue weighted by molar-refractivity contribution is 0.509. The fraction of sp³-hybridized carbons (Fsp3) is 0.412. The second-order valence-electron chi connectivity index (χ2n) is 5.75. The molecule has 22 heavy (non-hydrogen) atoms. The summed E-state index contributed by atoms with van der Waals surface area (Å²) in [5.41, 5.74) is 3.95. The number of aromatic nitrogens is 2. The molecule has 0 radical (unpaired) electrons. The average molecular weight is 314 g/mol. The Morgan fingerprint density at radius 1 is 1.36 bits per heavy atom. The third kappa shape index (κ3) is 3.47. The van der Waals surface area contributed by atoms with Crippen LogP contribution in [0.2, 0.25) is 0 Å². The molecule has 1 aromatic carbocycles. The number of thiocarbonyl (C=S) groups is 1. The lowest BCUT2D eigenvalue weighted by Crippen LogP contribution is -2.39. The Kier molecular flexibility index (Phi) is 4.73. The third-order valence-electron chi connectivity index (χ3n) is 4.22. The van der Waals surface area contributed by atoms with Crippen LogP contribution in [0.3, 0.4) is 0 Å². The number of hydrogen-bond acceptors (Lipinski definition) is 2. The molecular weight excluding hydrogens is 292 g/mol. The van der Waals surface area contributed by atoms with Crippen molar-refractivity contribution in [3.8, 4) is 0 Å². The van der Waals surface area contributed by atoms with Gasteiger partial charge in [0.2, 0.25) is 0 Å². The molecule has 1 unspecified atom stereocenters. The van der Waals surface area contributed by atoms with Gasteiger partial charge in [-0.3, -0.25) is 4.68 Å². The summed E-state index contributed by atoms with van der Waals surface area (Å²) in [5.74, 6) is 0. The number of nitrogens with zero attached hydrogens (tertiary/aromatic N) is 2. The zero-order valence-corrected chi connectivity index (χ0v) is 13.7. The minimum atomic E-state index is 0.286. The van der Waals surface area contributed by atoms with Crippen molar-refractivity contribution in [3.63, 3.8) is 0 Å². The summed E-state index contributed by atoms with van der Waals surface area (Å²) in [6.07, 6.45) is 6.35. The first-order valence-corrected chi connectivity index (χ1v) is 8.24. The molecule has 1 atom stereocenters. The van der Waals surface area contributed by atoms with Crippen molar-refractivity contribution in [3.05, 3.63) is 53.3 Å². The van der Waals surface area contributed by atoms with Crippen molar-refractivity contribution in [1.29, 1.82) is 0 Å². The monoisotopic (exact) mass is 314 g/mol. The van der Waals surface area contributed by atoms with Gasteiger partial charge in [-0.05, 0) is 43.5 Å². The fourth-order valence-electron chi connectivity index (χ4n) is 3.03. The summed E-state index contributed by atoms with van der Waals surface area (Å²) >= 11 is 5.44. The summed E-state index contributed by atoms with van der Waals surface area (Å²) in [4.78, 5) is 0. The quantitative estimate of drug-likeness (QED) is 0.851. The van der Waals surface area contributed by atoms with Gasteiger partial charge in [-0.2, -0.15) is 5.10 Å². The van der Waals surface area contributed by atoms with Crippen LogP contribution < -0.4 is 10.6 Å². The van der Waals surface area contributed by atoms with Crippen molar-refractivity contribution >= 4 is 17.3 Å². The first kappa shape index (κ1) is 15.0. The zero-order valence-electron chi connectivity index (χ0n) is 12.9. The van der Waals surface area contributed by atoms with Gasteiger partial charge in [0.05, 0.1) is 12.2 Å². The van der Waals surface area contributed by atoms with Crippen LogP contribution in [0.15, 0.2) is 36.5 Å². The largest absolute Gasteiger partial charge is 0.362 e. The van der Waals surface area contributed by atoms with Crippen LogP contribution in [-0.4, -0.2) is 21.4 Å². The molecule has 1 aliphatic carbocycles. The predicted octanol–water partition coefficient (Wildman–Crippen LogP) is 2.50. The first-order valence-electron chi connectivity index (χ1n) is 7.83. The average Bonchev–Trinajstić information content (AvgIpc) is 2.91. The molecule has 0 fully saturated rings. The van der Waals surface area contributed by atoms with Gasteiger partial charge in [-0.25, -0.2) is 0 Å². The zero-order chi connectivity index (χ0) is 15.4. The van der Waals surface area contributed by atoms with E-state index in [1.54, 1.807) is 0 Å². The molecule has 1 aliphatic rings. The van der Waals surface area contributed by atoms with Crippen molar-refractivity contribution in [2.24, 2.45) is 7.05 Å². The summed E-state index contributed by atoms with van der Waals surface area (Å²) in [6, 6.07) is 10.7. The molecular formula is C17H22N4S. The van der Waals surface area contributed by atoms with Crippen molar-refractivity contribution in [2.45, 2.75) is 31.7 Å². The molecule has 0 bridgehead atoms. The third-order valence-corrected chi connectivity index (χ3v) is 4.49. The highest BCUT2D eigenvalue weighted by Gasteiger charge is 2.23. The lowest BCUT2D eigenvalue weighted by atomic mass is 9.93. The van der Waals surface area contributed by atoms with E-state index in [1.165, 1.54) is 23.2 Å². The molecule has 3 rings (SSSR count). The van der Waals surface area contributed by atoms with E-state index in [0.717, 1.165) is 30.9 Å². The SMILES string of the molecule is Cn1ncc2c1CCCC2NC(=S)NCCc1ccccc1. The van der Waals surface area contributed by atoms with Crippen molar-refractivity contribution in [2.75, 3.05) is 6.54 Å². The second kappa shape index (κ2) is 6.92. The Morgan fingerprint density at radius 2 is 2.18 bits per heavy atom. The van der Waals surface area contributed by atoms with Crippen molar-refractivity contribution in [1.82, 2.24) is 20.4 Å². The number of hydrogen-bond donors (Lipinski definition) is 2. The van der Waals surface area contributed by atoms with E-state index in [0.29, 0.717) is 0 Å². The highest BCUT2D eigenvalue weighted by Crippen LogP contribution is 2.28. The van der Waals surface area contributed by atoms with Crippen LogP contribution >= 0.6 is 12.2 Å². The van der Waals surface area contributed by atoms with E-state index in [9.17, 15) is 0 Å². The Labute approximate surface area is 136 Å². The summed E-state index contributed by atoms with van der Waals surface area (Å²) in [7, 11) is 2.01. The normalized spacial score (nSPS) is 16.9. The van der Waals surface area contributed by atoms with E-state index >= 15 is 0 Å². The van der Waals surface area contributed by atoms with E-state index in [1.807, 2.05) is 24.0 Å². The standard InChI is InChI=1S/C17H22N4S/c1-21-16-9-5-8-15(14(16)12-19-21)20-17(22)18-11-10-13-6-3-2-4-7-13/h2-4,6-7,12,15H,5,8-11H2,1H3,(H2,18,20,22). The predicted molar refractivity (Wildman–Crippen MR) is 92.8 cm³/mol. The maximum Gasteiger partial charge on any atom is 0.166 e. The number of rotatable bonds is 4. The van der Waals surface area contributed by atoms with Crippen LogP contribution in [0.4, 0.5) is 0 Å². The van der Waals surface area contributed by atoms with Gasteiger partial charge < -0.3 is 10.6 Å². The molecule has 0 aliphatic heterocycles. The molecule has 2 aromatic rings. The van der Waals surface area contributed by atoms with Gasteiger partial charge in [-0.15, -0.1) is 0 Å². The van der Waals surface area contributed by atoms with E-state index in [2.05, 4.69) is 40.0 Å². The molecule has 116 valence electrons. The molecule has 0 saturated carbocycles. The summed E-state index contributed by atoms with van der Waals surface area (Å²) in [5, 5.41) is 11.9. The Morgan fingerprint density at radius 3 is 3.00 bits per heavy atom. The number of aryl methyl sites for hydroxylation is 1. The maximum atomic E-state index is 5.44. The number of nitrogens with one attached hydrogen (secondary N) is 2. The minimum Gasteiger partial charge on any atom is -0.362 e. The highest BCUT2D eigenvalue weighted by atomic mass is 32.1. The van der Waals surface area contributed by atoms with Crippen LogP contribution in [0.1, 0.15) is 35.7 Å². The van der Waals surface area contributed by atoms with E-state index in [4.69, 9.17) is 12.2 Å². The molecule has 5 heteroatoms. The molecule has 0 saturated heterocycles. The van der Waals surface area contributed by atoms with Gasteiger partial charge in [0.1, 0.15) is 0 Å². The van der Waals surface area contributed by atoms with E-state index in [-0.39, 0.29) is 6.04 Å². The van der Waals surface area contributed by atoms with Gasteiger partial charge in [0.15, 0.2) is 5.11 Å². The fourth-order valence-corrected chi connectivity index (χ4v) is 3.27. The molecule has 0 amide bonds. The van der Waals surface area contributed by atoms with Gasteiger partial charge in [0.25, 0.3) is 0 Å². The molecule has 4 nitrogen and oxygen atoms in total.